The zero-order valence-electron chi connectivity index (χ0n) is 28.1. The summed E-state index contributed by atoms with van der Waals surface area (Å²) in [5.74, 6) is -0.665. The second kappa shape index (κ2) is 34.8. The molecule has 0 aromatic carbocycles. The second-order valence-electron chi connectivity index (χ2n) is 11.2. The van der Waals surface area contributed by atoms with E-state index in [1.54, 1.807) is 0 Å². The van der Waals surface area contributed by atoms with Crippen molar-refractivity contribution in [3.8, 4) is 0 Å². The lowest BCUT2D eigenvalue weighted by atomic mass is 10.1. The number of carbonyl (C=O) groups is 2. The van der Waals surface area contributed by atoms with Gasteiger partial charge in [-0.15, -0.1) is 0 Å². The number of esters is 2. The van der Waals surface area contributed by atoms with Crippen molar-refractivity contribution in [3.05, 3.63) is 72.9 Å². The first-order valence-electron chi connectivity index (χ1n) is 17.5. The smallest absolute Gasteiger partial charge is 0.306 e. The number of ether oxygens (including phenoxy) is 2. The molecule has 1 atom stereocenters. The molecule has 0 aromatic heterocycles. The van der Waals surface area contributed by atoms with Gasteiger partial charge in [0.25, 0.3) is 0 Å². The molecule has 1 N–H and O–H groups in total. The van der Waals surface area contributed by atoms with Gasteiger partial charge in [0.05, 0.1) is 6.61 Å². The van der Waals surface area contributed by atoms with E-state index in [2.05, 4.69) is 86.8 Å². The highest BCUT2D eigenvalue weighted by Crippen LogP contribution is 2.10. The van der Waals surface area contributed by atoms with E-state index in [-0.39, 0.29) is 25.2 Å². The fraction of sp³-hybridized carbons (Fsp3) is 0.641. The van der Waals surface area contributed by atoms with Crippen LogP contribution in [0.5, 0.6) is 0 Å². The van der Waals surface area contributed by atoms with Crippen LogP contribution in [0, 0.1) is 0 Å². The summed E-state index contributed by atoms with van der Waals surface area (Å²) in [6.07, 6.45) is 45.2. The molecular weight excluding hydrogens is 548 g/mol. The second-order valence-corrected chi connectivity index (χ2v) is 11.2. The van der Waals surface area contributed by atoms with Crippen molar-refractivity contribution in [1.82, 2.24) is 0 Å². The minimum atomic E-state index is -0.800. The van der Waals surface area contributed by atoms with Crippen molar-refractivity contribution in [2.75, 3.05) is 13.2 Å². The number of allylic oxidation sites excluding steroid dienone is 12. The summed E-state index contributed by atoms with van der Waals surface area (Å²) in [6.45, 7) is 3.92. The first-order valence-corrected chi connectivity index (χ1v) is 17.5. The van der Waals surface area contributed by atoms with Crippen molar-refractivity contribution >= 4 is 11.9 Å². The first-order chi connectivity index (χ1) is 21.6. The third kappa shape index (κ3) is 32.3. The van der Waals surface area contributed by atoms with Crippen molar-refractivity contribution in [2.24, 2.45) is 0 Å². The van der Waals surface area contributed by atoms with Crippen LogP contribution >= 0.6 is 0 Å². The molecule has 0 radical (unpaired) electrons. The van der Waals surface area contributed by atoms with Crippen LogP contribution in [0.3, 0.4) is 0 Å². The summed E-state index contributed by atoms with van der Waals surface area (Å²) in [4.78, 5) is 24.1. The van der Waals surface area contributed by atoms with Gasteiger partial charge in [-0.2, -0.15) is 0 Å². The highest BCUT2D eigenvalue weighted by molar-refractivity contribution is 5.70. The zero-order chi connectivity index (χ0) is 32.2. The van der Waals surface area contributed by atoms with Crippen LogP contribution in [-0.2, 0) is 19.1 Å². The third-order valence-corrected chi connectivity index (χ3v) is 6.98. The van der Waals surface area contributed by atoms with Crippen molar-refractivity contribution in [1.29, 1.82) is 0 Å². The molecule has 0 heterocycles. The molecule has 44 heavy (non-hydrogen) atoms. The highest BCUT2D eigenvalue weighted by Gasteiger charge is 2.16. The fourth-order valence-electron chi connectivity index (χ4n) is 4.34. The molecule has 0 amide bonds. The molecule has 5 nitrogen and oxygen atoms in total. The van der Waals surface area contributed by atoms with E-state index in [0.29, 0.717) is 12.8 Å². The fourth-order valence-corrected chi connectivity index (χ4v) is 4.34. The summed E-state index contributed by atoms with van der Waals surface area (Å²) in [5.41, 5.74) is 0. The molecule has 0 saturated heterocycles. The highest BCUT2D eigenvalue weighted by atomic mass is 16.6. The van der Waals surface area contributed by atoms with Crippen molar-refractivity contribution in [2.45, 2.75) is 148 Å². The predicted molar refractivity (Wildman–Crippen MR) is 186 cm³/mol. The summed E-state index contributed by atoms with van der Waals surface area (Å²) in [5, 5.41) is 9.51. The van der Waals surface area contributed by atoms with E-state index in [1.165, 1.54) is 32.1 Å². The van der Waals surface area contributed by atoms with Gasteiger partial charge in [0, 0.05) is 12.8 Å². The summed E-state index contributed by atoms with van der Waals surface area (Å²) in [6, 6.07) is 0. The molecule has 0 aromatic rings. The van der Waals surface area contributed by atoms with Gasteiger partial charge in [-0.05, 0) is 83.5 Å². The van der Waals surface area contributed by atoms with E-state index >= 15 is 0 Å². The molecule has 1 unspecified atom stereocenters. The lowest BCUT2D eigenvalue weighted by molar-refractivity contribution is -0.161. The molecule has 0 bridgehead atoms. The molecule has 0 aliphatic heterocycles. The number of hydrogen-bond donors (Lipinski definition) is 1. The number of carbonyl (C=O) groups excluding carboxylic acids is 2. The molecule has 5 heteroatoms. The van der Waals surface area contributed by atoms with Gasteiger partial charge >= 0.3 is 11.9 Å². The van der Waals surface area contributed by atoms with Crippen LogP contribution < -0.4 is 0 Å². The SMILES string of the molecule is CCC=CCC=CCC=CCCCCCCCC(=O)OCC(CO)OC(=O)CCCCC=CCC=CCC=CCCCCC. The maximum Gasteiger partial charge on any atom is 0.306 e. The largest absolute Gasteiger partial charge is 0.462 e. The van der Waals surface area contributed by atoms with Gasteiger partial charge in [0.15, 0.2) is 6.10 Å². The summed E-state index contributed by atoms with van der Waals surface area (Å²) < 4.78 is 10.5. The van der Waals surface area contributed by atoms with Gasteiger partial charge in [0.2, 0.25) is 0 Å². The molecule has 0 fully saturated rings. The topological polar surface area (TPSA) is 72.8 Å². The normalized spacial score (nSPS) is 13.1. The number of aliphatic hydroxyl groups excluding tert-OH is 1. The molecule has 0 aliphatic rings. The molecular formula is C39H64O5. The molecule has 0 aliphatic carbocycles. The number of rotatable bonds is 30. The van der Waals surface area contributed by atoms with E-state index in [1.807, 2.05) is 0 Å². The Balaban J connectivity index is 3.71. The van der Waals surface area contributed by atoms with Gasteiger partial charge in [0.1, 0.15) is 6.61 Å². The lowest BCUT2D eigenvalue weighted by Gasteiger charge is -2.15. The molecule has 0 rings (SSSR count). The monoisotopic (exact) mass is 612 g/mol. The van der Waals surface area contributed by atoms with Crippen LogP contribution in [0.1, 0.15) is 142 Å². The zero-order valence-corrected chi connectivity index (χ0v) is 28.1. The number of aliphatic hydroxyl groups is 1. The van der Waals surface area contributed by atoms with Crippen LogP contribution in [0.4, 0.5) is 0 Å². The summed E-state index contributed by atoms with van der Waals surface area (Å²) >= 11 is 0. The van der Waals surface area contributed by atoms with Gasteiger partial charge in [-0.1, -0.05) is 119 Å². The molecule has 0 saturated carbocycles. The average Bonchev–Trinajstić information content (AvgIpc) is 3.02. The van der Waals surface area contributed by atoms with Crippen molar-refractivity contribution < 1.29 is 24.2 Å². The minimum Gasteiger partial charge on any atom is -0.462 e. The minimum absolute atomic E-state index is 0.0943. The maximum absolute atomic E-state index is 12.1. The summed E-state index contributed by atoms with van der Waals surface area (Å²) in [7, 11) is 0. The van der Waals surface area contributed by atoms with Crippen LogP contribution in [0.2, 0.25) is 0 Å². The van der Waals surface area contributed by atoms with E-state index < -0.39 is 6.10 Å². The van der Waals surface area contributed by atoms with Gasteiger partial charge in [-0.3, -0.25) is 9.59 Å². The third-order valence-electron chi connectivity index (χ3n) is 6.98. The number of hydrogen-bond acceptors (Lipinski definition) is 5. The Hall–Kier alpha value is -2.66. The van der Waals surface area contributed by atoms with Gasteiger partial charge < -0.3 is 14.6 Å². The lowest BCUT2D eigenvalue weighted by Crippen LogP contribution is -2.28. The Bertz CT molecular complexity index is 833. The molecule has 0 spiro atoms. The maximum atomic E-state index is 12.1. The van der Waals surface area contributed by atoms with E-state index in [4.69, 9.17) is 9.47 Å². The van der Waals surface area contributed by atoms with Crippen molar-refractivity contribution in [3.63, 3.8) is 0 Å². The Kier molecular flexibility index (Phi) is 32.7. The Morgan fingerprint density at radius 1 is 0.545 bits per heavy atom. The van der Waals surface area contributed by atoms with E-state index in [9.17, 15) is 14.7 Å². The van der Waals surface area contributed by atoms with Crippen LogP contribution in [0.25, 0.3) is 0 Å². The van der Waals surface area contributed by atoms with Crippen LogP contribution in [-0.4, -0.2) is 36.4 Å². The quantitative estimate of drug-likeness (QED) is 0.0496. The predicted octanol–water partition coefficient (Wildman–Crippen LogP) is 10.6. The van der Waals surface area contributed by atoms with E-state index in [0.717, 1.165) is 83.5 Å². The number of unbranched alkanes of at least 4 members (excludes halogenated alkanes) is 10. The first kappa shape index (κ1) is 41.3. The Morgan fingerprint density at radius 2 is 0.977 bits per heavy atom. The van der Waals surface area contributed by atoms with Gasteiger partial charge in [-0.25, -0.2) is 0 Å². The Labute approximate surface area is 270 Å². The van der Waals surface area contributed by atoms with Crippen LogP contribution in [0.15, 0.2) is 72.9 Å². The molecule has 250 valence electrons. The standard InChI is InChI=1S/C39H64O5/c1-3-5-7-9-11-13-15-17-19-21-23-25-27-29-31-33-38(41)43-36-37(35-40)44-39(42)34-32-30-28-26-24-22-20-18-16-14-12-10-8-6-4-2/h5,7,11-14,17-20,24,26,37,40H,3-4,6,8-10,15-16,21-23,25,27-36H2,1-2H3. The average molecular weight is 613 g/mol. The Morgan fingerprint density at radius 3 is 1.52 bits per heavy atom.